The first-order valence-corrected chi connectivity index (χ1v) is 19.3. The summed E-state index contributed by atoms with van der Waals surface area (Å²) < 4.78 is 35.8. The average molecular weight is 802 g/mol. The smallest absolute Gasteiger partial charge is 0.326 e. The largest absolute Gasteiger partial charge is 0.497 e. The number of carbonyl (C=O) groups is 3. The van der Waals surface area contributed by atoms with E-state index in [0.29, 0.717) is 43.0 Å². The van der Waals surface area contributed by atoms with Crippen molar-refractivity contribution in [2.75, 3.05) is 43.1 Å². The summed E-state index contributed by atoms with van der Waals surface area (Å²) in [5.74, 6) is -0.787. The monoisotopic (exact) mass is 801 g/mol. The molecule has 0 radical (unpaired) electrons. The lowest BCUT2D eigenvalue weighted by molar-refractivity contribution is -0.385. The molecule has 1 fully saturated rings. The first-order valence-electron chi connectivity index (χ1n) is 19.3. The summed E-state index contributed by atoms with van der Waals surface area (Å²) >= 11 is 0. The highest BCUT2D eigenvalue weighted by Crippen LogP contribution is 2.41. The molecule has 3 rings (SSSR count). The molecule has 2 aromatic carbocycles. The Morgan fingerprint density at radius 2 is 1.18 bits per heavy atom. The average Bonchev–Trinajstić information content (AvgIpc) is 3.46. The Labute approximate surface area is 337 Å². The Kier molecular flexibility index (Phi) is 15.2. The molecule has 0 spiro atoms. The number of anilines is 2. The molecule has 318 valence electrons. The van der Waals surface area contributed by atoms with Gasteiger partial charge in [0.1, 0.15) is 65.9 Å². The predicted molar refractivity (Wildman–Crippen MR) is 216 cm³/mol. The van der Waals surface area contributed by atoms with Gasteiger partial charge in [0.05, 0.1) is 41.6 Å². The highest BCUT2D eigenvalue weighted by atomic mass is 16.6. The number of aliphatic hydroxyl groups excluding tert-OH is 1. The second kappa shape index (κ2) is 18.6. The summed E-state index contributed by atoms with van der Waals surface area (Å²) in [6.07, 6.45) is 0.501. The molecule has 57 heavy (non-hydrogen) atoms. The van der Waals surface area contributed by atoms with Gasteiger partial charge in [0.25, 0.3) is 5.69 Å². The zero-order valence-corrected chi connectivity index (χ0v) is 36.0. The lowest BCUT2D eigenvalue weighted by atomic mass is 9.95. The van der Waals surface area contributed by atoms with E-state index in [1.807, 2.05) is 31.7 Å². The zero-order chi connectivity index (χ0) is 43.1. The lowest BCUT2D eigenvalue weighted by Crippen LogP contribution is -2.41. The number of ether oxygens (including phenoxy) is 6. The summed E-state index contributed by atoms with van der Waals surface area (Å²) in [4.78, 5) is 54.5. The molecule has 0 bridgehead atoms. The van der Waals surface area contributed by atoms with Crippen molar-refractivity contribution in [2.24, 2.45) is 5.41 Å². The molecule has 1 aliphatic rings. The molecule has 15 nitrogen and oxygen atoms in total. The van der Waals surface area contributed by atoms with Gasteiger partial charge >= 0.3 is 17.9 Å². The van der Waals surface area contributed by atoms with E-state index in [9.17, 15) is 29.6 Å². The molecule has 0 saturated heterocycles. The van der Waals surface area contributed by atoms with E-state index in [1.54, 1.807) is 60.8 Å². The Morgan fingerprint density at radius 1 is 0.719 bits per heavy atom. The number of esters is 3. The van der Waals surface area contributed by atoms with Crippen molar-refractivity contribution >= 4 is 35.0 Å². The minimum absolute atomic E-state index is 0.00309. The molecule has 2 aromatic rings. The van der Waals surface area contributed by atoms with Crippen LogP contribution >= 0.6 is 0 Å². The Morgan fingerprint density at radius 3 is 1.58 bits per heavy atom. The van der Waals surface area contributed by atoms with Crippen molar-refractivity contribution in [1.29, 1.82) is 0 Å². The second-order valence-corrected chi connectivity index (χ2v) is 18.5. The van der Waals surface area contributed by atoms with E-state index in [0.717, 1.165) is 0 Å². The third-order valence-corrected chi connectivity index (χ3v) is 8.21. The van der Waals surface area contributed by atoms with E-state index in [2.05, 4.69) is 20.8 Å². The topological polar surface area (TPSA) is 176 Å². The number of hydrogen-bond donors (Lipinski definition) is 1. The van der Waals surface area contributed by atoms with Crippen LogP contribution in [0.2, 0.25) is 0 Å². The van der Waals surface area contributed by atoms with Gasteiger partial charge in [-0.25, -0.2) is 0 Å². The number of carbonyl (C=O) groups excluding carboxylic acids is 3. The quantitative estimate of drug-likeness (QED) is 0.0783. The van der Waals surface area contributed by atoms with Crippen LogP contribution in [0.5, 0.6) is 17.2 Å². The standard InChI is InChI=1S/C42H63N3O12/c1-39(2,3)26-44(24-38(49)57-42(10,11)12)29-18-17-28(52-13)20-34(29)53-32-15-14-16-33(32)54-35-21-30(45(50)51)27(25-46)19-31(35)43(22-36(47)55-40(4,5)6)23-37(48)56-41(7,8)9/h17-21,32-33,46H,14-16,22-26H2,1-13H3/t32-,33+/m1/s1. The molecule has 2 atom stereocenters. The molecule has 1 saturated carbocycles. The number of methoxy groups -OCH3 is 1. The number of hydrogen-bond acceptors (Lipinski definition) is 14. The zero-order valence-electron chi connectivity index (χ0n) is 36.0. The lowest BCUT2D eigenvalue weighted by Gasteiger charge is -2.34. The van der Waals surface area contributed by atoms with Crippen molar-refractivity contribution < 1.29 is 52.8 Å². The van der Waals surface area contributed by atoms with Crippen molar-refractivity contribution in [1.82, 2.24) is 0 Å². The normalized spacial score (nSPS) is 16.0. The third kappa shape index (κ3) is 15.2. The number of nitro benzene ring substituents is 1. The first-order chi connectivity index (χ1) is 26.2. The van der Waals surface area contributed by atoms with Gasteiger partial charge in [0, 0.05) is 12.6 Å². The minimum Gasteiger partial charge on any atom is -0.497 e. The summed E-state index contributed by atoms with van der Waals surface area (Å²) in [5.41, 5.74) is -2.29. The third-order valence-electron chi connectivity index (χ3n) is 8.21. The highest BCUT2D eigenvalue weighted by molar-refractivity contribution is 5.84. The summed E-state index contributed by atoms with van der Waals surface area (Å²) in [6, 6.07) is 7.89. The Balaban J connectivity index is 2.11. The molecule has 0 unspecified atom stereocenters. The number of aliphatic hydroxyl groups is 1. The van der Waals surface area contributed by atoms with Crippen LogP contribution in [0.1, 0.15) is 108 Å². The molecular weight excluding hydrogens is 738 g/mol. The molecular formula is C42H63N3O12. The maximum atomic E-state index is 13.2. The number of nitrogens with zero attached hydrogens (tertiary/aromatic N) is 3. The van der Waals surface area contributed by atoms with Gasteiger partial charge in [-0.05, 0) is 105 Å². The molecule has 1 aliphatic carbocycles. The van der Waals surface area contributed by atoms with Crippen LogP contribution in [0.25, 0.3) is 0 Å². The van der Waals surface area contributed by atoms with Gasteiger partial charge < -0.3 is 43.3 Å². The molecule has 0 amide bonds. The Hall–Kier alpha value is -4.79. The van der Waals surface area contributed by atoms with Gasteiger partial charge in [-0.15, -0.1) is 0 Å². The van der Waals surface area contributed by atoms with Crippen molar-refractivity contribution in [3.05, 3.63) is 46.0 Å². The predicted octanol–water partition coefficient (Wildman–Crippen LogP) is 7.16. The number of rotatable bonds is 16. The van der Waals surface area contributed by atoms with E-state index >= 15 is 0 Å². The second-order valence-electron chi connectivity index (χ2n) is 18.5. The fourth-order valence-corrected chi connectivity index (χ4v) is 6.32. The van der Waals surface area contributed by atoms with Crippen molar-refractivity contribution in [2.45, 2.75) is 138 Å². The van der Waals surface area contributed by atoms with Crippen molar-refractivity contribution in [3.63, 3.8) is 0 Å². The van der Waals surface area contributed by atoms with Crippen LogP contribution in [0.15, 0.2) is 30.3 Å². The first kappa shape index (κ1) is 46.6. The van der Waals surface area contributed by atoms with Crippen LogP contribution in [0, 0.1) is 15.5 Å². The van der Waals surface area contributed by atoms with E-state index in [4.69, 9.17) is 28.4 Å². The summed E-state index contributed by atoms with van der Waals surface area (Å²) in [6.45, 7) is 20.8. The van der Waals surface area contributed by atoms with Crippen molar-refractivity contribution in [3.8, 4) is 17.2 Å². The van der Waals surface area contributed by atoms with E-state index in [-0.39, 0.29) is 29.0 Å². The van der Waals surface area contributed by atoms with E-state index in [1.165, 1.54) is 17.0 Å². The van der Waals surface area contributed by atoms with Gasteiger partial charge in [0.15, 0.2) is 0 Å². The van der Waals surface area contributed by atoms with Gasteiger partial charge in [-0.3, -0.25) is 24.5 Å². The van der Waals surface area contributed by atoms with Gasteiger partial charge in [-0.1, -0.05) is 20.8 Å². The van der Waals surface area contributed by atoms with Crippen LogP contribution in [0.3, 0.4) is 0 Å². The van der Waals surface area contributed by atoms with Crippen LogP contribution in [-0.2, 0) is 35.2 Å². The summed E-state index contributed by atoms with van der Waals surface area (Å²) in [7, 11) is 1.54. The maximum Gasteiger partial charge on any atom is 0.326 e. The van der Waals surface area contributed by atoms with Gasteiger partial charge in [0.2, 0.25) is 0 Å². The summed E-state index contributed by atoms with van der Waals surface area (Å²) in [5, 5.41) is 22.5. The van der Waals surface area contributed by atoms with Gasteiger partial charge in [-0.2, -0.15) is 0 Å². The van der Waals surface area contributed by atoms with Crippen LogP contribution in [0.4, 0.5) is 17.1 Å². The molecule has 1 N–H and O–H groups in total. The molecule has 15 heteroatoms. The molecule has 0 heterocycles. The fraction of sp³-hybridized carbons (Fsp3) is 0.643. The number of nitro groups is 1. The maximum absolute atomic E-state index is 13.2. The van der Waals surface area contributed by atoms with Crippen LogP contribution in [-0.4, -0.2) is 90.2 Å². The molecule has 0 aromatic heterocycles. The number of benzene rings is 2. The highest BCUT2D eigenvalue weighted by Gasteiger charge is 2.36. The fourth-order valence-electron chi connectivity index (χ4n) is 6.32. The minimum atomic E-state index is -0.845. The molecule has 0 aliphatic heterocycles. The SMILES string of the molecule is COc1ccc(N(CC(=O)OC(C)(C)C)CC(C)(C)C)c(O[C@@H]2CCC[C@@H]2Oc2cc([N+](=O)[O-])c(CO)cc2N(CC(=O)OC(C)(C)C)CC(=O)OC(C)(C)C)c1. The van der Waals surface area contributed by atoms with Crippen LogP contribution < -0.4 is 24.0 Å². The van der Waals surface area contributed by atoms with E-state index < -0.39 is 77.2 Å². The Bertz CT molecular complexity index is 1700.